The lowest BCUT2D eigenvalue weighted by molar-refractivity contribution is 0.174. The van der Waals surface area contributed by atoms with Crippen LogP contribution in [0.4, 0.5) is 0 Å². The molecule has 0 spiro atoms. The van der Waals surface area contributed by atoms with E-state index in [2.05, 4.69) is 37.2 Å². The lowest BCUT2D eigenvalue weighted by atomic mass is 9.88. The van der Waals surface area contributed by atoms with Crippen molar-refractivity contribution in [1.82, 2.24) is 4.90 Å². The molecule has 4 heteroatoms. The third-order valence-electron chi connectivity index (χ3n) is 4.60. The molecule has 0 amide bonds. The third kappa shape index (κ3) is 2.99. The van der Waals surface area contributed by atoms with Crippen LogP contribution in [0.3, 0.4) is 0 Å². The molecule has 0 saturated carbocycles. The van der Waals surface area contributed by atoms with Crippen LogP contribution in [0.1, 0.15) is 12.0 Å². The van der Waals surface area contributed by atoms with Gasteiger partial charge in [-0.05, 0) is 43.2 Å². The van der Waals surface area contributed by atoms with E-state index < -0.39 is 0 Å². The monoisotopic (exact) mass is 313 g/mol. The van der Waals surface area contributed by atoms with Crippen LogP contribution in [0.15, 0.2) is 54.3 Å². The average Bonchev–Trinajstić information content (AvgIpc) is 3.03. The van der Waals surface area contributed by atoms with Gasteiger partial charge in [-0.15, -0.1) is 0 Å². The van der Waals surface area contributed by atoms with Crippen LogP contribution in [0.2, 0.25) is 0 Å². The molecular formula is C19H23NO3. The first-order chi connectivity index (χ1) is 11.1. The topological polar surface area (TPSA) is 30.9 Å². The molecule has 1 aromatic rings. The Morgan fingerprint density at radius 3 is 2.91 bits per heavy atom. The van der Waals surface area contributed by atoms with Gasteiger partial charge in [-0.3, -0.25) is 4.90 Å². The summed E-state index contributed by atoms with van der Waals surface area (Å²) in [6.07, 6.45) is 3.76. The summed E-state index contributed by atoms with van der Waals surface area (Å²) in [6.45, 7) is 9.33. The Morgan fingerprint density at radius 2 is 2.17 bits per heavy atom. The van der Waals surface area contributed by atoms with E-state index in [1.165, 1.54) is 11.1 Å². The van der Waals surface area contributed by atoms with Crippen molar-refractivity contribution in [3.8, 4) is 11.5 Å². The minimum Gasteiger partial charge on any atom is -0.497 e. The fourth-order valence-corrected chi connectivity index (χ4v) is 3.26. The maximum absolute atomic E-state index is 5.49. The van der Waals surface area contributed by atoms with Crippen molar-refractivity contribution in [3.63, 3.8) is 0 Å². The van der Waals surface area contributed by atoms with Gasteiger partial charge in [0.25, 0.3) is 0 Å². The second-order valence-electron chi connectivity index (χ2n) is 5.91. The molecule has 2 aliphatic rings. The standard InChI is InChI=1S/C19H23NO3/c1-5-15-8-9-20(3)16(19(15)13(2)21-4)10-14-6-7-17-18(11-14)23-12-22-17/h5-7,11,16H,1-2,8-10,12H2,3-4H3. The van der Waals surface area contributed by atoms with Gasteiger partial charge in [0.2, 0.25) is 6.79 Å². The molecule has 0 saturated heterocycles. The molecule has 3 rings (SSSR count). The van der Waals surface area contributed by atoms with Gasteiger partial charge in [-0.1, -0.05) is 25.3 Å². The molecule has 0 fully saturated rings. The number of fused-ring (bicyclic) bond motifs is 1. The molecule has 1 atom stereocenters. The van der Waals surface area contributed by atoms with Crippen molar-refractivity contribution in [2.24, 2.45) is 0 Å². The van der Waals surface area contributed by atoms with Gasteiger partial charge >= 0.3 is 0 Å². The average molecular weight is 313 g/mol. The van der Waals surface area contributed by atoms with Crippen molar-refractivity contribution in [1.29, 1.82) is 0 Å². The molecule has 0 bridgehead atoms. The Morgan fingerprint density at radius 1 is 1.39 bits per heavy atom. The van der Waals surface area contributed by atoms with Gasteiger partial charge in [0.05, 0.1) is 7.11 Å². The number of rotatable bonds is 5. The predicted molar refractivity (Wildman–Crippen MR) is 90.7 cm³/mol. The second-order valence-corrected chi connectivity index (χ2v) is 5.91. The predicted octanol–water partition coefficient (Wildman–Crippen LogP) is 3.30. The first kappa shape index (κ1) is 15.7. The number of nitrogens with zero attached hydrogens (tertiary/aromatic N) is 1. The number of allylic oxidation sites excluding steroid dienone is 1. The molecule has 1 aromatic carbocycles. The van der Waals surface area contributed by atoms with Crippen molar-refractivity contribution in [2.75, 3.05) is 27.5 Å². The summed E-state index contributed by atoms with van der Waals surface area (Å²) >= 11 is 0. The highest BCUT2D eigenvalue weighted by Gasteiger charge is 2.29. The highest BCUT2D eigenvalue weighted by atomic mass is 16.7. The number of hydrogen-bond donors (Lipinski definition) is 0. The summed E-state index contributed by atoms with van der Waals surface area (Å²) in [6, 6.07) is 6.34. The quantitative estimate of drug-likeness (QED) is 0.781. The van der Waals surface area contributed by atoms with Gasteiger partial charge in [0, 0.05) is 18.2 Å². The molecule has 2 aliphatic heterocycles. The minimum atomic E-state index is 0.213. The first-order valence-electron chi connectivity index (χ1n) is 7.81. The zero-order valence-corrected chi connectivity index (χ0v) is 13.8. The maximum atomic E-state index is 5.49. The molecule has 1 unspecified atom stereocenters. The van der Waals surface area contributed by atoms with E-state index >= 15 is 0 Å². The van der Waals surface area contributed by atoms with Crippen LogP contribution in [-0.2, 0) is 11.2 Å². The molecule has 0 aliphatic carbocycles. The van der Waals surface area contributed by atoms with Crippen LogP contribution in [0, 0.1) is 0 Å². The van der Waals surface area contributed by atoms with Gasteiger partial charge in [0.15, 0.2) is 11.5 Å². The van der Waals surface area contributed by atoms with Gasteiger partial charge in [0.1, 0.15) is 5.76 Å². The lowest BCUT2D eigenvalue weighted by Gasteiger charge is -2.36. The SMILES string of the molecule is C=CC1=C(C(=C)OC)C(Cc2ccc3c(c2)OCO3)N(C)CC1. The van der Waals surface area contributed by atoms with E-state index in [9.17, 15) is 0 Å². The minimum absolute atomic E-state index is 0.213. The van der Waals surface area contributed by atoms with Gasteiger partial charge in [-0.25, -0.2) is 0 Å². The molecule has 0 radical (unpaired) electrons. The Hall–Kier alpha value is -2.20. The Balaban J connectivity index is 1.92. The van der Waals surface area contributed by atoms with E-state index in [0.29, 0.717) is 6.79 Å². The number of ether oxygens (including phenoxy) is 3. The van der Waals surface area contributed by atoms with E-state index in [-0.39, 0.29) is 6.04 Å². The summed E-state index contributed by atoms with van der Waals surface area (Å²) < 4.78 is 16.3. The summed E-state index contributed by atoms with van der Waals surface area (Å²) in [5, 5.41) is 0. The smallest absolute Gasteiger partial charge is 0.231 e. The maximum Gasteiger partial charge on any atom is 0.231 e. The number of likely N-dealkylation sites (N-methyl/N-ethyl adjacent to an activating group) is 1. The highest BCUT2D eigenvalue weighted by Crippen LogP contribution is 2.35. The first-order valence-corrected chi connectivity index (χ1v) is 7.81. The summed E-state index contributed by atoms with van der Waals surface area (Å²) in [4.78, 5) is 2.34. The van der Waals surface area contributed by atoms with Crippen LogP contribution in [-0.4, -0.2) is 38.4 Å². The van der Waals surface area contributed by atoms with Crippen LogP contribution < -0.4 is 9.47 Å². The molecule has 2 heterocycles. The fourth-order valence-electron chi connectivity index (χ4n) is 3.26. The highest BCUT2D eigenvalue weighted by molar-refractivity contribution is 5.46. The van der Waals surface area contributed by atoms with E-state index in [1.807, 2.05) is 12.1 Å². The lowest BCUT2D eigenvalue weighted by Crippen LogP contribution is -2.40. The van der Waals surface area contributed by atoms with E-state index in [0.717, 1.165) is 42.2 Å². The van der Waals surface area contributed by atoms with Crippen LogP contribution >= 0.6 is 0 Å². The largest absolute Gasteiger partial charge is 0.497 e. The summed E-state index contributed by atoms with van der Waals surface area (Å²) in [5.41, 5.74) is 3.58. The summed E-state index contributed by atoms with van der Waals surface area (Å²) in [5.74, 6) is 2.35. The Kier molecular flexibility index (Phi) is 4.44. The van der Waals surface area contributed by atoms with E-state index in [4.69, 9.17) is 14.2 Å². The molecular weight excluding hydrogens is 290 g/mol. The molecule has 0 aromatic heterocycles. The number of methoxy groups -OCH3 is 1. The van der Waals surface area contributed by atoms with E-state index in [1.54, 1.807) is 7.11 Å². The third-order valence-corrected chi connectivity index (χ3v) is 4.60. The van der Waals surface area contributed by atoms with Crippen molar-refractivity contribution < 1.29 is 14.2 Å². The van der Waals surface area contributed by atoms with Crippen molar-refractivity contribution in [2.45, 2.75) is 18.9 Å². The number of benzene rings is 1. The number of hydrogen-bond acceptors (Lipinski definition) is 4. The van der Waals surface area contributed by atoms with Gasteiger partial charge < -0.3 is 14.2 Å². The molecule has 0 N–H and O–H groups in total. The van der Waals surface area contributed by atoms with Crippen molar-refractivity contribution >= 4 is 0 Å². The zero-order valence-electron chi connectivity index (χ0n) is 13.8. The Bertz CT molecular complexity index is 663. The Labute approximate surface area is 137 Å². The van der Waals surface area contributed by atoms with Gasteiger partial charge in [-0.2, -0.15) is 0 Å². The van der Waals surface area contributed by atoms with Crippen LogP contribution in [0.5, 0.6) is 11.5 Å². The van der Waals surface area contributed by atoms with Crippen LogP contribution in [0.25, 0.3) is 0 Å². The molecule has 4 nitrogen and oxygen atoms in total. The zero-order chi connectivity index (χ0) is 16.4. The molecule has 23 heavy (non-hydrogen) atoms. The normalized spacial score (nSPS) is 20.5. The fraction of sp³-hybridized carbons (Fsp3) is 0.368. The van der Waals surface area contributed by atoms with Crippen molar-refractivity contribution in [3.05, 3.63) is 59.9 Å². The molecule has 122 valence electrons. The second kappa shape index (κ2) is 6.50. The summed E-state index contributed by atoms with van der Waals surface area (Å²) in [7, 11) is 3.81.